The van der Waals surface area contributed by atoms with Crippen LogP contribution in [-0.4, -0.2) is 9.78 Å². The van der Waals surface area contributed by atoms with Crippen LogP contribution in [0, 0.1) is 11.5 Å². The molecular weight excluding hydrogens is 208 g/mol. The van der Waals surface area contributed by atoms with Gasteiger partial charge in [-0.2, -0.15) is 10.4 Å². The molecule has 0 aliphatic rings. The van der Waals surface area contributed by atoms with Crippen molar-refractivity contribution in [3.8, 4) is 6.19 Å². The summed E-state index contributed by atoms with van der Waals surface area (Å²) >= 11 is 1.36. The van der Waals surface area contributed by atoms with Gasteiger partial charge in [0.25, 0.3) is 0 Å². The molecule has 0 saturated carbocycles. The average molecular weight is 216 g/mol. The average Bonchev–Trinajstić information content (AvgIpc) is 2.68. The Labute approximate surface area is 90.8 Å². The normalized spacial score (nSPS) is 11.3. The Bertz CT molecular complexity index is 532. The van der Waals surface area contributed by atoms with Gasteiger partial charge in [0.15, 0.2) is 0 Å². The minimum Gasteiger partial charge on any atom is -0.233 e. The van der Waals surface area contributed by atoms with Gasteiger partial charge in [-0.15, -0.1) is 4.99 Å². The number of benzene rings is 1. The van der Waals surface area contributed by atoms with Crippen molar-refractivity contribution in [1.29, 1.82) is 5.26 Å². The van der Waals surface area contributed by atoms with Crippen molar-refractivity contribution in [3.63, 3.8) is 0 Å². The lowest BCUT2D eigenvalue weighted by Crippen LogP contribution is -2.16. The summed E-state index contributed by atoms with van der Waals surface area (Å²) in [5.41, 5.74) is 2.82. The van der Waals surface area contributed by atoms with Gasteiger partial charge in [0.05, 0.1) is 6.54 Å². The summed E-state index contributed by atoms with van der Waals surface area (Å²) in [4.78, 5) is 4.31. The summed E-state index contributed by atoms with van der Waals surface area (Å²) in [5.74, 6) is 0. The molecule has 0 amide bonds. The number of rotatable bonds is 2. The van der Waals surface area contributed by atoms with Crippen LogP contribution in [0.15, 0.2) is 40.8 Å². The van der Waals surface area contributed by atoms with Gasteiger partial charge in [-0.3, -0.25) is 0 Å². The molecule has 0 fully saturated rings. The molecule has 0 spiro atoms. The first-order valence-corrected chi connectivity index (χ1v) is 5.25. The van der Waals surface area contributed by atoms with Gasteiger partial charge in [-0.25, -0.2) is 4.68 Å². The second-order valence-electron chi connectivity index (χ2n) is 2.88. The van der Waals surface area contributed by atoms with Crippen molar-refractivity contribution in [1.82, 2.24) is 9.78 Å². The van der Waals surface area contributed by atoms with Gasteiger partial charge < -0.3 is 0 Å². The molecule has 0 bridgehead atoms. The summed E-state index contributed by atoms with van der Waals surface area (Å²) in [6.07, 6.45) is 1.77. The van der Waals surface area contributed by atoms with E-state index in [-0.39, 0.29) is 0 Å². The fourth-order valence-electron chi connectivity index (χ4n) is 1.23. The van der Waals surface area contributed by atoms with Crippen molar-refractivity contribution >= 4 is 11.3 Å². The van der Waals surface area contributed by atoms with E-state index in [1.54, 1.807) is 16.4 Å². The number of hydrogen-bond donors (Lipinski definition) is 0. The predicted molar refractivity (Wildman–Crippen MR) is 56.8 cm³/mol. The van der Waals surface area contributed by atoms with Gasteiger partial charge in [-0.05, 0) is 5.56 Å². The van der Waals surface area contributed by atoms with E-state index in [0.717, 1.165) is 5.56 Å². The van der Waals surface area contributed by atoms with Crippen molar-refractivity contribution in [3.05, 3.63) is 46.2 Å². The topological polar surface area (TPSA) is 54.0 Å². The van der Waals surface area contributed by atoms with Gasteiger partial charge in [0, 0.05) is 0 Å². The van der Waals surface area contributed by atoms with E-state index in [4.69, 9.17) is 5.26 Å². The van der Waals surface area contributed by atoms with Crippen molar-refractivity contribution in [2.24, 2.45) is 4.99 Å². The molecule has 1 aromatic carbocycles. The van der Waals surface area contributed by atoms with Crippen LogP contribution in [0.5, 0.6) is 0 Å². The molecule has 2 rings (SSSR count). The third-order valence-electron chi connectivity index (χ3n) is 1.89. The van der Waals surface area contributed by atoms with Gasteiger partial charge in [-0.1, -0.05) is 41.7 Å². The van der Waals surface area contributed by atoms with E-state index in [2.05, 4.69) is 10.1 Å². The van der Waals surface area contributed by atoms with E-state index in [1.165, 1.54) is 11.3 Å². The zero-order chi connectivity index (χ0) is 10.5. The molecule has 1 heterocycles. The minimum atomic E-state index is 0.626. The smallest absolute Gasteiger partial charge is 0.218 e. The lowest BCUT2D eigenvalue weighted by Gasteiger charge is -1.99. The Morgan fingerprint density at radius 1 is 1.40 bits per heavy atom. The zero-order valence-corrected chi connectivity index (χ0v) is 8.68. The number of nitrogens with zero attached hydrogens (tertiary/aromatic N) is 4. The van der Waals surface area contributed by atoms with Crippen molar-refractivity contribution in [2.75, 3.05) is 0 Å². The Balaban J connectivity index is 2.30. The second-order valence-corrected chi connectivity index (χ2v) is 3.69. The van der Waals surface area contributed by atoms with Crippen LogP contribution >= 0.6 is 11.3 Å². The van der Waals surface area contributed by atoms with E-state index in [9.17, 15) is 0 Å². The Kier molecular flexibility index (Phi) is 2.90. The van der Waals surface area contributed by atoms with Gasteiger partial charge in [0.2, 0.25) is 11.0 Å². The lowest BCUT2D eigenvalue weighted by atomic mass is 10.2. The van der Waals surface area contributed by atoms with Crippen LogP contribution in [0.25, 0.3) is 0 Å². The van der Waals surface area contributed by atoms with Crippen LogP contribution in [-0.2, 0) is 6.54 Å². The first kappa shape index (κ1) is 9.62. The highest BCUT2D eigenvalue weighted by atomic mass is 32.1. The highest BCUT2D eigenvalue weighted by Gasteiger charge is 1.97. The molecule has 15 heavy (non-hydrogen) atoms. The standard InChI is InChI=1S/C10H8N4S/c11-7-12-10-14(13-8-15-10)6-9-4-2-1-3-5-9/h1-5,8H,6H2. The quantitative estimate of drug-likeness (QED) is 0.712. The highest BCUT2D eigenvalue weighted by molar-refractivity contribution is 7.06. The van der Waals surface area contributed by atoms with Crippen molar-refractivity contribution < 1.29 is 0 Å². The van der Waals surface area contributed by atoms with E-state index in [1.807, 2.05) is 30.3 Å². The molecule has 0 atom stereocenters. The molecule has 74 valence electrons. The minimum absolute atomic E-state index is 0.626. The molecular formula is C10H8N4S. The second kappa shape index (κ2) is 4.53. The third kappa shape index (κ3) is 2.30. The SMILES string of the molecule is N#CN=c1scnn1Cc1ccccc1. The molecule has 1 aromatic heterocycles. The maximum Gasteiger partial charge on any atom is 0.218 e. The monoisotopic (exact) mass is 216 g/mol. The summed E-state index contributed by atoms with van der Waals surface area (Å²) in [5, 5.41) is 12.6. The molecule has 0 radical (unpaired) electrons. The Morgan fingerprint density at radius 3 is 2.93 bits per heavy atom. The summed E-state index contributed by atoms with van der Waals surface area (Å²) in [7, 11) is 0. The van der Waals surface area contributed by atoms with Crippen LogP contribution < -0.4 is 4.80 Å². The van der Waals surface area contributed by atoms with Crippen LogP contribution in [0.1, 0.15) is 5.56 Å². The molecule has 0 aliphatic carbocycles. The Morgan fingerprint density at radius 2 is 2.20 bits per heavy atom. The summed E-state index contributed by atoms with van der Waals surface area (Å²) in [6.45, 7) is 0.644. The van der Waals surface area contributed by atoms with Crippen LogP contribution in [0.3, 0.4) is 0 Å². The molecule has 4 nitrogen and oxygen atoms in total. The molecule has 0 saturated heterocycles. The first-order valence-electron chi connectivity index (χ1n) is 4.37. The summed E-state index contributed by atoms with van der Waals surface area (Å²) in [6, 6.07) is 9.95. The number of aromatic nitrogens is 2. The largest absolute Gasteiger partial charge is 0.233 e. The Hall–Kier alpha value is -1.93. The maximum atomic E-state index is 8.48. The first-order chi connectivity index (χ1) is 7.40. The molecule has 2 aromatic rings. The zero-order valence-electron chi connectivity index (χ0n) is 7.87. The molecule has 0 unspecified atom stereocenters. The molecule has 0 N–H and O–H groups in total. The maximum absolute atomic E-state index is 8.48. The van der Waals surface area contributed by atoms with Crippen LogP contribution in [0.4, 0.5) is 0 Å². The summed E-state index contributed by atoms with van der Waals surface area (Å²) < 4.78 is 1.71. The van der Waals surface area contributed by atoms with Crippen LogP contribution in [0.2, 0.25) is 0 Å². The van der Waals surface area contributed by atoms with E-state index >= 15 is 0 Å². The predicted octanol–water partition coefficient (Wildman–Crippen LogP) is 1.37. The molecule has 0 aliphatic heterocycles. The van der Waals surface area contributed by atoms with Gasteiger partial charge in [0.1, 0.15) is 5.51 Å². The highest BCUT2D eigenvalue weighted by Crippen LogP contribution is 1.99. The number of hydrogen-bond acceptors (Lipinski definition) is 4. The van der Waals surface area contributed by atoms with Gasteiger partial charge >= 0.3 is 0 Å². The lowest BCUT2D eigenvalue weighted by molar-refractivity contribution is 0.656. The molecule has 5 heteroatoms. The third-order valence-corrected chi connectivity index (χ3v) is 2.60. The fraction of sp³-hybridized carbons (Fsp3) is 0.100. The fourth-order valence-corrected chi connectivity index (χ4v) is 1.81. The van der Waals surface area contributed by atoms with E-state index < -0.39 is 0 Å². The van der Waals surface area contributed by atoms with Crippen molar-refractivity contribution in [2.45, 2.75) is 6.54 Å². The van der Waals surface area contributed by atoms with E-state index in [0.29, 0.717) is 11.3 Å². The number of nitriles is 1.